The molecular weight excluding hydrogens is 258 g/mol. The number of methoxy groups -OCH3 is 1. The third kappa shape index (κ3) is 4.05. The van der Waals surface area contributed by atoms with Crippen LogP contribution in [0.2, 0.25) is 0 Å². The van der Waals surface area contributed by atoms with Crippen LogP contribution in [-0.4, -0.2) is 29.4 Å². The van der Waals surface area contributed by atoms with E-state index in [4.69, 9.17) is 4.74 Å². The van der Waals surface area contributed by atoms with E-state index in [0.29, 0.717) is 6.04 Å². The largest absolute Gasteiger partial charge is 0.497 e. The molecule has 3 atom stereocenters. The fraction of sp³-hybridized carbons (Fsp3) is 0.600. The molecule has 0 amide bonds. The highest BCUT2D eigenvalue weighted by molar-refractivity contribution is 7.84. The second kappa shape index (κ2) is 6.53. The Balaban J connectivity index is 2.00. The first-order valence-electron chi connectivity index (χ1n) is 6.81. The molecule has 0 heterocycles. The van der Waals surface area contributed by atoms with E-state index >= 15 is 0 Å². The summed E-state index contributed by atoms with van der Waals surface area (Å²) in [5, 5.41) is 3.78. The number of benzene rings is 1. The molecule has 0 aromatic heterocycles. The Hall–Kier alpha value is -0.870. The van der Waals surface area contributed by atoms with E-state index < -0.39 is 10.8 Å². The molecule has 0 radical (unpaired) electrons. The van der Waals surface area contributed by atoms with E-state index in [2.05, 4.69) is 17.4 Å². The molecule has 0 spiro atoms. The first-order valence-corrected chi connectivity index (χ1v) is 8.43. The Kier molecular flexibility index (Phi) is 4.99. The van der Waals surface area contributed by atoms with Crippen molar-refractivity contribution in [2.75, 3.05) is 19.9 Å². The van der Waals surface area contributed by atoms with Crippen molar-refractivity contribution in [1.82, 2.24) is 5.32 Å². The summed E-state index contributed by atoms with van der Waals surface area (Å²) in [6, 6.07) is 8.66. The number of nitrogens with one attached hydrogen (secondary N) is 1. The molecule has 1 aliphatic rings. The molecule has 1 aromatic rings. The van der Waals surface area contributed by atoms with Crippen LogP contribution in [-0.2, 0) is 10.8 Å². The lowest BCUT2D eigenvalue weighted by Crippen LogP contribution is -2.32. The number of rotatable bonds is 7. The van der Waals surface area contributed by atoms with Gasteiger partial charge in [0.25, 0.3) is 0 Å². The average molecular weight is 281 g/mol. The van der Waals surface area contributed by atoms with E-state index in [1.54, 1.807) is 13.4 Å². The fourth-order valence-corrected chi connectivity index (χ4v) is 2.54. The summed E-state index contributed by atoms with van der Waals surface area (Å²) in [5.41, 5.74) is 1.30. The Bertz CT molecular complexity index is 428. The lowest BCUT2D eigenvalue weighted by atomic mass is 10.0. The first kappa shape index (κ1) is 14.5. The van der Waals surface area contributed by atoms with Gasteiger partial charge in [-0.3, -0.25) is 4.21 Å². The summed E-state index contributed by atoms with van der Waals surface area (Å²) in [6.45, 7) is 2.83. The number of hydrogen-bond donors (Lipinski definition) is 1. The molecule has 106 valence electrons. The van der Waals surface area contributed by atoms with Gasteiger partial charge in [0.2, 0.25) is 0 Å². The molecular formula is C15H23NO2S. The van der Waals surface area contributed by atoms with Gasteiger partial charge < -0.3 is 10.1 Å². The molecule has 0 saturated heterocycles. The van der Waals surface area contributed by atoms with Gasteiger partial charge in [-0.25, -0.2) is 0 Å². The maximum Gasteiger partial charge on any atom is 0.118 e. The van der Waals surface area contributed by atoms with Gasteiger partial charge in [0.15, 0.2) is 0 Å². The maximum absolute atomic E-state index is 11.4. The van der Waals surface area contributed by atoms with Crippen LogP contribution in [0.3, 0.4) is 0 Å². The molecule has 1 saturated carbocycles. The minimum absolute atomic E-state index is 0.194. The van der Waals surface area contributed by atoms with E-state index in [-0.39, 0.29) is 5.25 Å². The predicted octanol–water partition coefficient (Wildman–Crippen LogP) is 2.50. The molecule has 2 rings (SSSR count). The Morgan fingerprint density at radius 3 is 2.47 bits per heavy atom. The smallest absolute Gasteiger partial charge is 0.118 e. The van der Waals surface area contributed by atoms with Gasteiger partial charge in [-0.05, 0) is 43.4 Å². The van der Waals surface area contributed by atoms with Gasteiger partial charge in [-0.15, -0.1) is 0 Å². The summed E-state index contributed by atoms with van der Waals surface area (Å²) in [5.74, 6) is 1.62. The van der Waals surface area contributed by atoms with Crippen molar-refractivity contribution in [2.45, 2.75) is 31.1 Å². The second-order valence-electron chi connectivity index (χ2n) is 5.31. The number of hydrogen-bond acceptors (Lipinski definition) is 3. The highest BCUT2D eigenvalue weighted by Gasteiger charge is 2.32. The topological polar surface area (TPSA) is 38.3 Å². The van der Waals surface area contributed by atoms with Crippen molar-refractivity contribution in [3.05, 3.63) is 29.8 Å². The third-order valence-electron chi connectivity index (χ3n) is 3.76. The zero-order valence-corrected chi connectivity index (χ0v) is 12.7. The molecule has 19 heavy (non-hydrogen) atoms. The molecule has 3 nitrogen and oxygen atoms in total. The van der Waals surface area contributed by atoms with E-state index in [1.165, 1.54) is 18.4 Å². The summed E-state index contributed by atoms with van der Waals surface area (Å²) in [6.07, 6.45) is 4.34. The van der Waals surface area contributed by atoms with Gasteiger partial charge in [0, 0.05) is 34.9 Å². The molecule has 1 aromatic carbocycles. The SMILES string of the molecule is COc1ccc(C(NCC(C)S(C)=O)C2CC2)cc1. The van der Waals surface area contributed by atoms with Gasteiger partial charge in [0.1, 0.15) is 5.75 Å². The van der Waals surface area contributed by atoms with Crippen molar-refractivity contribution in [3.8, 4) is 5.75 Å². The standard InChI is InChI=1S/C15H23NO2S/c1-11(19(3)17)10-16-15(12-4-5-12)13-6-8-14(18-2)9-7-13/h6-9,11-12,15-16H,4-5,10H2,1-3H3. The van der Waals surface area contributed by atoms with Crippen molar-refractivity contribution < 1.29 is 8.95 Å². The van der Waals surface area contributed by atoms with Crippen LogP contribution in [0.15, 0.2) is 24.3 Å². The molecule has 1 fully saturated rings. The minimum Gasteiger partial charge on any atom is -0.497 e. The zero-order valence-electron chi connectivity index (χ0n) is 11.9. The summed E-state index contributed by atoms with van der Waals surface area (Å²) >= 11 is 0. The van der Waals surface area contributed by atoms with Gasteiger partial charge in [-0.2, -0.15) is 0 Å². The van der Waals surface area contributed by atoms with Crippen LogP contribution < -0.4 is 10.1 Å². The summed E-state index contributed by atoms with van der Waals surface area (Å²) < 4.78 is 16.6. The van der Waals surface area contributed by atoms with Crippen LogP contribution in [0.1, 0.15) is 31.4 Å². The van der Waals surface area contributed by atoms with Gasteiger partial charge in [0.05, 0.1) is 7.11 Å². The molecule has 0 aliphatic heterocycles. The Morgan fingerprint density at radius 1 is 1.37 bits per heavy atom. The normalized spacial score (nSPS) is 19.7. The molecule has 1 N–H and O–H groups in total. The zero-order chi connectivity index (χ0) is 13.8. The van der Waals surface area contributed by atoms with Crippen LogP contribution in [0, 0.1) is 5.92 Å². The Labute approximate surface area is 118 Å². The molecule has 4 heteroatoms. The average Bonchev–Trinajstić information content (AvgIpc) is 3.24. The molecule has 3 unspecified atom stereocenters. The monoisotopic (exact) mass is 281 g/mol. The molecule has 1 aliphatic carbocycles. The molecule has 0 bridgehead atoms. The van der Waals surface area contributed by atoms with Gasteiger partial charge >= 0.3 is 0 Å². The number of ether oxygens (including phenoxy) is 1. The first-order chi connectivity index (χ1) is 9.11. The van der Waals surface area contributed by atoms with Crippen LogP contribution >= 0.6 is 0 Å². The predicted molar refractivity (Wildman–Crippen MR) is 80.0 cm³/mol. The summed E-state index contributed by atoms with van der Waals surface area (Å²) in [4.78, 5) is 0. The van der Waals surface area contributed by atoms with E-state index in [9.17, 15) is 4.21 Å². The minimum atomic E-state index is -0.764. The van der Waals surface area contributed by atoms with Gasteiger partial charge in [-0.1, -0.05) is 12.1 Å². The van der Waals surface area contributed by atoms with Crippen molar-refractivity contribution in [1.29, 1.82) is 0 Å². The second-order valence-corrected chi connectivity index (χ2v) is 7.11. The Morgan fingerprint density at radius 2 is 2.00 bits per heavy atom. The summed E-state index contributed by atoms with van der Waals surface area (Å²) in [7, 11) is 0.921. The highest BCUT2D eigenvalue weighted by atomic mass is 32.2. The van der Waals surface area contributed by atoms with Crippen LogP contribution in [0.4, 0.5) is 0 Å². The lowest BCUT2D eigenvalue weighted by Gasteiger charge is -2.21. The lowest BCUT2D eigenvalue weighted by molar-refractivity contribution is 0.413. The van der Waals surface area contributed by atoms with E-state index in [0.717, 1.165) is 18.2 Å². The quantitative estimate of drug-likeness (QED) is 0.834. The third-order valence-corrected chi connectivity index (χ3v) is 5.06. The van der Waals surface area contributed by atoms with Crippen molar-refractivity contribution >= 4 is 10.8 Å². The van der Waals surface area contributed by atoms with Crippen LogP contribution in [0.25, 0.3) is 0 Å². The van der Waals surface area contributed by atoms with Crippen molar-refractivity contribution in [2.24, 2.45) is 5.92 Å². The fourth-order valence-electron chi connectivity index (χ4n) is 2.21. The van der Waals surface area contributed by atoms with Crippen molar-refractivity contribution in [3.63, 3.8) is 0 Å². The highest BCUT2D eigenvalue weighted by Crippen LogP contribution is 2.41. The van der Waals surface area contributed by atoms with Crippen LogP contribution in [0.5, 0.6) is 5.75 Å². The van der Waals surface area contributed by atoms with E-state index in [1.807, 2.05) is 19.1 Å². The maximum atomic E-state index is 11.4.